The van der Waals surface area contributed by atoms with E-state index >= 15 is 0 Å². The lowest BCUT2D eigenvalue weighted by atomic mass is 10.2. The summed E-state index contributed by atoms with van der Waals surface area (Å²) >= 11 is 0. The second-order valence-corrected chi connectivity index (χ2v) is 5.47. The molecule has 1 saturated heterocycles. The van der Waals surface area contributed by atoms with Crippen molar-refractivity contribution in [1.82, 2.24) is 10.2 Å². The van der Waals surface area contributed by atoms with Crippen molar-refractivity contribution >= 4 is 11.6 Å². The zero-order valence-electron chi connectivity index (χ0n) is 12.4. The molecule has 0 saturated carbocycles. The van der Waals surface area contributed by atoms with Crippen molar-refractivity contribution in [1.29, 1.82) is 0 Å². The summed E-state index contributed by atoms with van der Waals surface area (Å²) in [5.74, 6) is -0.273. The maximum atomic E-state index is 12.6. The molecule has 0 bridgehead atoms. The monoisotopic (exact) mass is 315 g/mol. The molecular weight excluding hydrogens is 295 g/mol. The molecule has 1 aliphatic rings. The van der Waals surface area contributed by atoms with Crippen LogP contribution in [0.15, 0.2) is 24.3 Å². The van der Waals surface area contributed by atoms with Crippen molar-refractivity contribution in [3.8, 4) is 0 Å². The first-order valence-corrected chi connectivity index (χ1v) is 7.28. The van der Waals surface area contributed by atoms with Gasteiger partial charge in [0, 0.05) is 44.3 Å². The highest BCUT2D eigenvalue weighted by molar-refractivity contribution is 5.90. The molecule has 1 heterocycles. The number of piperazine rings is 1. The predicted molar refractivity (Wildman–Crippen MR) is 78.6 cm³/mol. The second-order valence-electron chi connectivity index (χ2n) is 5.47. The fourth-order valence-corrected chi connectivity index (χ4v) is 2.46. The van der Waals surface area contributed by atoms with Crippen molar-refractivity contribution < 1.29 is 18.0 Å². The molecule has 7 heteroatoms. The highest BCUT2D eigenvalue weighted by Crippen LogP contribution is 2.30. The average Bonchev–Trinajstić information content (AvgIpc) is 2.46. The van der Waals surface area contributed by atoms with Gasteiger partial charge in [-0.1, -0.05) is 6.07 Å². The lowest BCUT2D eigenvalue weighted by molar-refractivity contribution is -0.137. The van der Waals surface area contributed by atoms with E-state index in [4.69, 9.17) is 0 Å². The summed E-state index contributed by atoms with van der Waals surface area (Å²) in [4.78, 5) is 14.1. The Hall–Kier alpha value is -1.60. The Labute approximate surface area is 127 Å². The number of carbonyl (C=O) groups excluding carboxylic acids is 1. The van der Waals surface area contributed by atoms with E-state index in [1.807, 2.05) is 0 Å². The van der Waals surface area contributed by atoms with Crippen molar-refractivity contribution in [3.63, 3.8) is 0 Å². The van der Waals surface area contributed by atoms with Crippen molar-refractivity contribution in [2.75, 3.05) is 31.5 Å². The molecule has 0 aromatic heterocycles. The number of rotatable bonds is 4. The van der Waals surface area contributed by atoms with Crippen LogP contribution in [0.25, 0.3) is 0 Å². The Morgan fingerprint density at radius 2 is 2.23 bits per heavy atom. The molecule has 1 atom stereocenters. The Bertz CT molecular complexity index is 519. The maximum absolute atomic E-state index is 12.6. The molecule has 1 fully saturated rings. The summed E-state index contributed by atoms with van der Waals surface area (Å²) in [7, 11) is 0. The summed E-state index contributed by atoms with van der Waals surface area (Å²) in [5, 5.41) is 5.79. The number of amides is 1. The first-order valence-electron chi connectivity index (χ1n) is 7.28. The molecule has 0 aliphatic carbocycles. The summed E-state index contributed by atoms with van der Waals surface area (Å²) in [5.41, 5.74) is -0.589. The molecule has 0 spiro atoms. The van der Waals surface area contributed by atoms with E-state index in [1.54, 1.807) is 0 Å². The van der Waals surface area contributed by atoms with Gasteiger partial charge in [0.05, 0.1) is 5.56 Å². The third-order valence-electron chi connectivity index (χ3n) is 3.74. The molecule has 0 radical (unpaired) electrons. The first-order chi connectivity index (χ1) is 10.4. The molecular formula is C15H20F3N3O. The number of anilines is 1. The topological polar surface area (TPSA) is 44.4 Å². The van der Waals surface area contributed by atoms with Crippen molar-refractivity contribution in [2.24, 2.45) is 0 Å². The van der Waals surface area contributed by atoms with Crippen LogP contribution in [0.4, 0.5) is 18.9 Å². The third kappa shape index (κ3) is 4.71. The van der Waals surface area contributed by atoms with Gasteiger partial charge in [-0.2, -0.15) is 13.2 Å². The molecule has 22 heavy (non-hydrogen) atoms. The number of alkyl halides is 3. The minimum atomic E-state index is -4.41. The van der Waals surface area contributed by atoms with Crippen LogP contribution in [0, 0.1) is 0 Å². The molecule has 2 N–H and O–H groups in total. The summed E-state index contributed by atoms with van der Waals surface area (Å²) in [6.45, 7) is 5.33. The zero-order chi connectivity index (χ0) is 16.2. The summed E-state index contributed by atoms with van der Waals surface area (Å²) in [6, 6.07) is 5.04. The Morgan fingerprint density at radius 3 is 2.91 bits per heavy atom. The van der Waals surface area contributed by atoms with E-state index in [1.165, 1.54) is 12.1 Å². The summed E-state index contributed by atoms with van der Waals surface area (Å²) in [6.07, 6.45) is -4.14. The lowest BCUT2D eigenvalue weighted by Gasteiger charge is -2.33. The third-order valence-corrected chi connectivity index (χ3v) is 3.74. The zero-order valence-corrected chi connectivity index (χ0v) is 12.4. The second kappa shape index (κ2) is 7.11. The van der Waals surface area contributed by atoms with Crippen LogP contribution in [-0.4, -0.2) is 43.0 Å². The minimum absolute atomic E-state index is 0.174. The SMILES string of the molecule is C[C@H]1CNCCN1CCC(=O)Nc1cccc(C(F)(F)F)c1. The van der Waals surface area contributed by atoms with Gasteiger partial charge in [0.2, 0.25) is 5.91 Å². The first kappa shape index (κ1) is 16.8. The Balaban J connectivity index is 1.87. The van der Waals surface area contributed by atoms with Gasteiger partial charge in [-0.3, -0.25) is 9.69 Å². The van der Waals surface area contributed by atoms with E-state index < -0.39 is 11.7 Å². The van der Waals surface area contributed by atoms with E-state index in [0.29, 0.717) is 12.6 Å². The normalized spacial score (nSPS) is 19.9. The van der Waals surface area contributed by atoms with Gasteiger partial charge in [-0.15, -0.1) is 0 Å². The molecule has 1 aromatic carbocycles. The van der Waals surface area contributed by atoms with E-state index in [9.17, 15) is 18.0 Å². The quantitative estimate of drug-likeness (QED) is 0.896. The van der Waals surface area contributed by atoms with Crippen LogP contribution in [0.5, 0.6) is 0 Å². The van der Waals surface area contributed by atoms with Gasteiger partial charge in [0.1, 0.15) is 0 Å². The molecule has 1 aliphatic heterocycles. The van der Waals surface area contributed by atoms with Gasteiger partial charge in [0.15, 0.2) is 0 Å². The number of nitrogens with one attached hydrogen (secondary N) is 2. The predicted octanol–water partition coefficient (Wildman–Crippen LogP) is 2.33. The molecule has 1 amide bonds. The van der Waals surface area contributed by atoms with Gasteiger partial charge in [-0.25, -0.2) is 0 Å². The minimum Gasteiger partial charge on any atom is -0.326 e. The van der Waals surface area contributed by atoms with Gasteiger partial charge in [-0.05, 0) is 25.1 Å². The lowest BCUT2D eigenvalue weighted by Crippen LogP contribution is -2.50. The molecule has 122 valence electrons. The number of nitrogens with zero attached hydrogens (tertiary/aromatic N) is 1. The highest BCUT2D eigenvalue weighted by atomic mass is 19.4. The average molecular weight is 315 g/mol. The smallest absolute Gasteiger partial charge is 0.326 e. The number of hydrogen-bond acceptors (Lipinski definition) is 3. The van der Waals surface area contributed by atoms with Crippen LogP contribution >= 0.6 is 0 Å². The summed E-state index contributed by atoms with van der Waals surface area (Å²) < 4.78 is 37.8. The maximum Gasteiger partial charge on any atom is 0.416 e. The number of carbonyl (C=O) groups is 1. The molecule has 0 unspecified atom stereocenters. The number of halogens is 3. The van der Waals surface area contributed by atoms with E-state index in [-0.39, 0.29) is 18.0 Å². The van der Waals surface area contributed by atoms with Crippen molar-refractivity contribution in [2.45, 2.75) is 25.6 Å². The van der Waals surface area contributed by atoms with Gasteiger partial charge >= 0.3 is 6.18 Å². The largest absolute Gasteiger partial charge is 0.416 e. The van der Waals surface area contributed by atoms with E-state index in [0.717, 1.165) is 31.8 Å². The number of hydrogen-bond donors (Lipinski definition) is 2. The van der Waals surface area contributed by atoms with Gasteiger partial charge < -0.3 is 10.6 Å². The van der Waals surface area contributed by atoms with Crippen LogP contribution in [-0.2, 0) is 11.0 Å². The van der Waals surface area contributed by atoms with Crippen LogP contribution < -0.4 is 10.6 Å². The van der Waals surface area contributed by atoms with Crippen LogP contribution in [0.2, 0.25) is 0 Å². The Morgan fingerprint density at radius 1 is 1.45 bits per heavy atom. The van der Waals surface area contributed by atoms with E-state index in [2.05, 4.69) is 22.5 Å². The fourth-order valence-electron chi connectivity index (χ4n) is 2.46. The highest BCUT2D eigenvalue weighted by Gasteiger charge is 2.30. The standard InChI is InChI=1S/C15H20F3N3O/c1-11-10-19-6-8-21(11)7-5-14(22)20-13-4-2-3-12(9-13)15(16,17)18/h2-4,9,11,19H,5-8,10H2,1H3,(H,20,22)/t11-/m0/s1. The van der Waals surface area contributed by atoms with Crippen LogP contribution in [0.1, 0.15) is 18.9 Å². The molecule has 1 aromatic rings. The van der Waals surface area contributed by atoms with Crippen LogP contribution in [0.3, 0.4) is 0 Å². The fraction of sp³-hybridized carbons (Fsp3) is 0.533. The Kier molecular flexibility index (Phi) is 5.42. The number of benzene rings is 1. The van der Waals surface area contributed by atoms with Gasteiger partial charge in [0.25, 0.3) is 0 Å². The molecule has 4 nitrogen and oxygen atoms in total. The molecule has 2 rings (SSSR count). The van der Waals surface area contributed by atoms with Crippen molar-refractivity contribution in [3.05, 3.63) is 29.8 Å².